The summed E-state index contributed by atoms with van der Waals surface area (Å²) >= 11 is 0. The maximum absolute atomic E-state index is 13.1. The molecule has 12 heteroatoms. The molecule has 2 aliphatic heterocycles. The molecule has 0 amide bonds. The van der Waals surface area contributed by atoms with Gasteiger partial charge in [0.15, 0.2) is 0 Å². The summed E-state index contributed by atoms with van der Waals surface area (Å²) in [6.45, 7) is 4.49. The minimum Gasteiger partial charge on any atom is -0.466 e. The summed E-state index contributed by atoms with van der Waals surface area (Å²) in [5, 5.41) is 0. The van der Waals surface area contributed by atoms with Gasteiger partial charge in [-0.05, 0) is 63.8 Å². The van der Waals surface area contributed by atoms with Gasteiger partial charge in [0.1, 0.15) is 0 Å². The summed E-state index contributed by atoms with van der Waals surface area (Å²) in [4.78, 5) is 24.1. The van der Waals surface area contributed by atoms with Crippen molar-refractivity contribution in [1.82, 2.24) is 8.61 Å². The Balaban J connectivity index is 1.74. The fraction of sp³-hybridized carbons (Fsp3) is 0.636. The van der Waals surface area contributed by atoms with E-state index in [2.05, 4.69) is 0 Å². The largest absolute Gasteiger partial charge is 0.466 e. The Morgan fingerprint density at radius 2 is 1.12 bits per heavy atom. The number of nitrogens with zero attached hydrogens (tertiary/aromatic N) is 2. The van der Waals surface area contributed by atoms with E-state index in [9.17, 15) is 26.4 Å². The van der Waals surface area contributed by atoms with E-state index in [1.54, 1.807) is 13.8 Å². The van der Waals surface area contributed by atoms with Gasteiger partial charge in [0.25, 0.3) is 0 Å². The highest BCUT2D eigenvalue weighted by Crippen LogP contribution is 2.28. The summed E-state index contributed by atoms with van der Waals surface area (Å²) in [6, 6.07) is 5.07. The van der Waals surface area contributed by atoms with Crippen molar-refractivity contribution in [2.75, 3.05) is 39.4 Å². The molecule has 0 bridgehead atoms. The molecule has 34 heavy (non-hydrogen) atoms. The van der Waals surface area contributed by atoms with Crippen LogP contribution in [0, 0.1) is 11.8 Å². The molecule has 0 radical (unpaired) electrons. The molecule has 0 spiro atoms. The first-order chi connectivity index (χ1) is 16.1. The molecule has 2 saturated heterocycles. The van der Waals surface area contributed by atoms with E-state index in [0.717, 1.165) is 0 Å². The van der Waals surface area contributed by atoms with Crippen LogP contribution < -0.4 is 0 Å². The van der Waals surface area contributed by atoms with E-state index >= 15 is 0 Å². The molecule has 10 nitrogen and oxygen atoms in total. The Hall–Kier alpha value is -2.02. The van der Waals surface area contributed by atoms with E-state index in [-0.39, 0.29) is 49.2 Å². The molecule has 2 heterocycles. The van der Waals surface area contributed by atoms with Gasteiger partial charge in [-0.25, -0.2) is 16.8 Å². The van der Waals surface area contributed by atoms with Gasteiger partial charge in [-0.3, -0.25) is 9.59 Å². The second-order valence-electron chi connectivity index (χ2n) is 8.38. The van der Waals surface area contributed by atoms with Gasteiger partial charge in [0.2, 0.25) is 20.0 Å². The van der Waals surface area contributed by atoms with E-state index in [4.69, 9.17) is 9.47 Å². The van der Waals surface area contributed by atoms with Crippen LogP contribution in [0.2, 0.25) is 0 Å². The lowest BCUT2D eigenvalue weighted by atomic mass is 10.0. The molecule has 3 rings (SSSR count). The van der Waals surface area contributed by atoms with E-state index in [0.29, 0.717) is 25.7 Å². The lowest BCUT2D eigenvalue weighted by molar-refractivity contribution is -0.150. The van der Waals surface area contributed by atoms with Crippen LogP contribution in [-0.2, 0) is 39.1 Å². The smallest absolute Gasteiger partial charge is 0.310 e. The standard InChI is InChI=1S/C22H32N2O8S2/c1-3-31-21(25)17-7-5-13-23(15-17)33(27,28)19-9-11-20(12-10-19)34(29,30)24-14-6-8-18(16-24)22(26)32-4-2/h9-12,17-18H,3-8,13-16H2,1-2H3/t17-,18-/m0/s1. The summed E-state index contributed by atoms with van der Waals surface area (Å²) < 4.78 is 65.0. The molecule has 2 atom stereocenters. The highest BCUT2D eigenvalue weighted by atomic mass is 32.2. The SMILES string of the molecule is CCOC(=O)[C@H]1CCCN(S(=O)(=O)c2ccc(S(=O)(=O)N3CCC[C@H](C(=O)OCC)C3)cc2)C1. The number of hydrogen-bond donors (Lipinski definition) is 0. The number of carbonyl (C=O) groups excluding carboxylic acids is 2. The first-order valence-electron chi connectivity index (χ1n) is 11.5. The highest BCUT2D eigenvalue weighted by molar-refractivity contribution is 7.89. The number of hydrogen-bond acceptors (Lipinski definition) is 8. The van der Waals surface area contributed by atoms with Crippen LogP contribution in [0.3, 0.4) is 0 Å². The molecule has 0 aliphatic carbocycles. The third-order valence-corrected chi connectivity index (χ3v) is 9.87. The molecule has 0 aromatic heterocycles. The van der Waals surface area contributed by atoms with Crippen LogP contribution in [0.25, 0.3) is 0 Å². The Bertz CT molecular complexity index is 999. The van der Waals surface area contributed by atoms with Crippen molar-refractivity contribution in [2.24, 2.45) is 11.8 Å². The minimum atomic E-state index is -3.90. The fourth-order valence-electron chi connectivity index (χ4n) is 4.31. The Labute approximate surface area is 201 Å². The maximum atomic E-state index is 13.1. The van der Waals surface area contributed by atoms with Gasteiger partial charge in [-0.15, -0.1) is 0 Å². The zero-order chi connectivity index (χ0) is 24.9. The van der Waals surface area contributed by atoms with Crippen molar-refractivity contribution in [3.05, 3.63) is 24.3 Å². The molecule has 190 valence electrons. The molecule has 2 aliphatic rings. The monoisotopic (exact) mass is 516 g/mol. The second-order valence-corrected chi connectivity index (χ2v) is 12.3. The molecular formula is C22H32N2O8S2. The zero-order valence-corrected chi connectivity index (χ0v) is 21.1. The van der Waals surface area contributed by atoms with Crippen molar-refractivity contribution in [3.63, 3.8) is 0 Å². The van der Waals surface area contributed by atoms with Crippen LogP contribution in [0.5, 0.6) is 0 Å². The number of benzene rings is 1. The highest BCUT2D eigenvalue weighted by Gasteiger charge is 2.36. The third-order valence-electron chi connectivity index (χ3n) is 6.11. The topological polar surface area (TPSA) is 127 Å². The average molecular weight is 517 g/mol. The van der Waals surface area contributed by atoms with Gasteiger partial charge in [-0.1, -0.05) is 0 Å². The van der Waals surface area contributed by atoms with Gasteiger partial charge in [0.05, 0.1) is 34.8 Å². The van der Waals surface area contributed by atoms with Gasteiger partial charge < -0.3 is 9.47 Å². The predicted molar refractivity (Wildman–Crippen MR) is 123 cm³/mol. The number of ether oxygens (including phenoxy) is 2. The van der Waals surface area contributed by atoms with Crippen LogP contribution >= 0.6 is 0 Å². The van der Waals surface area contributed by atoms with Crippen LogP contribution in [0.1, 0.15) is 39.5 Å². The normalized spacial score (nSPS) is 22.8. The third kappa shape index (κ3) is 5.78. The molecule has 2 fully saturated rings. The Morgan fingerprint density at radius 1 is 0.765 bits per heavy atom. The summed E-state index contributed by atoms with van der Waals surface area (Å²) in [7, 11) is -7.80. The van der Waals surface area contributed by atoms with Gasteiger partial charge in [0, 0.05) is 26.2 Å². The van der Waals surface area contributed by atoms with Crippen LogP contribution in [0.15, 0.2) is 34.1 Å². The first kappa shape index (κ1) is 26.6. The van der Waals surface area contributed by atoms with E-state index < -0.39 is 43.8 Å². The van der Waals surface area contributed by atoms with Crippen molar-refractivity contribution >= 4 is 32.0 Å². The first-order valence-corrected chi connectivity index (χ1v) is 14.4. The predicted octanol–water partition coefficient (Wildman–Crippen LogP) is 1.61. The van der Waals surface area contributed by atoms with Crippen LogP contribution in [-0.4, -0.2) is 76.8 Å². The average Bonchev–Trinajstić information content (AvgIpc) is 2.84. The molecule has 0 saturated carbocycles. The maximum Gasteiger partial charge on any atom is 0.310 e. The molecule has 0 N–H and O–H groups in total. The van der Waals surface area contributed by atoms with Crippen molar-refractivity contribution in [1.29, 1.82) is 0 Å². The van der Waals surface area contributed by atoms with Gasteiger partial charge >= 0.3 is 11.9 Å². The van der Waals surface area contributed by atoms with E-state index in [1.807, 2.05) is 0 Å². The molecule has 1 aromatic rings. The summed E-state index contributed by atoms with van der Waals surface area (Å²) in [5.74, 6) is -1.86. The minimum absolute atomic E-state index is 0.0320. The van der Waals surface area contributed by atoms with E-state index in [1.165, 1.54) is 32.9 Å². The number of piperidine rings is 2. The lowest BCUT2D eigenvalue weighted by Gasteiger charge is -2.31. The van der Waals surface area contributed by atoms with Crippen molar-refractivity contribution in [3.8, 4) is 0 Å². The summed E-state index contributed by atoms with van der Waals surface area (Å²) in [5.41, 5.74) is 0. The van der Waals surface area contributed by atoms with Gasteiger partial charge in [-0.2, -0.15) is 8.61 Å². The van der Waals surface area contributed by atoms with Crippen molar-refractivity contribution < 1.29 is 35.9 Å². The Kier molecular flexibility index (Phi) is 8.72. The Morgan fingerprint density at radius 3 is 1.44 bits per heavy atom. The fourth-order valence-corrected chi connectivity index (χ4v) is 7.36. The van der Waals surface area contributed by atoms with Crippen molar-refractivity contribution in [2.45, 2.75) is 49.3 Å². The zero-order valence-electron chi connectivity index (χ0n) is 19.5. The summed E-state index contributed by atoms with van der Waals surface area (Å²) in [6.07, 6.45) is 2.19. The number of carbonyl (C=O) groups is 2. The molecule has 0 unspecified atom stereocenters. The number of sulfonamides is 2. The quantitative estimate of drug-likeness (QED) is 0.477. The van der Waals surface area contributed by atoms with Crippen LogP contribution in [0.4, 0.5) is 0 Å². The lowest BCUT2D eigenvalue weighted by Crippen LogP contribution is -2.43. The molecular weight excluding hydrogens is 484 g/mol. The molecule has 1 aromatic carbocycles. The number of rotatable bonds is 8. The number of esters is 2. The second kappa shape index (κ2) is 11.1.